The maximum atomic E-state index is 6.31. The van der Waals surface area contributed by atoms with Crippen LogP contribution in [0.2, 0.25) is 0 Å². The number of nitrogens with two attached hydrogens (primary N) is 1. The smallest absolute Gasteiger partial charge is 0.226 e. The van der Waals surface area contributed by atoms with Crippen LogP contribution in [0.3, 0.4) is 0 Å². The number of nitrogen functional groups attached to an aromatic ring is 1. The molecule has 7 heteroatoms. The molecule has 0 amide bonds. The van der Waals surface area contributed by atoms with E-state index in [4.69, 9.17) is 20.1 Å². The Hall–Kier alpha value is -3.35. The molecule has 1 saturated carbocycles. The summed E-state index contributed by atoms with van der Waals surface area (Å²) in [6.07, 6.45) is 8.94. The summed E-state index contributed by atoms with van der Waals surface area (Å²) in [5.74, 6) is 3.05. The number of hydrogen-bond donors (Lipinski definition) is 2. The van der Waals surface area contributed by atoms with Crippen LogP contribution in [-0.2, 0) is 13.0 Å². The van der Waals surface area contributed by atoms with Crippen molar-refractivity contribution in [3.63, 3.8) is 0 Å². The van der Waals surface area contributed by atoms with Gasteiger partial charge in [-0.3, -0.25) is 0 Å². The fraction of sp³-hybridized carbons (Fsp3) is 0.375. The average Bonchev–Trinajstić information content (AvgIpc) is 3.44. The minimum absolute atomic E-state index is 0.391. The van der Waals surface area contributed by atoms with E-state index < -0.39 is 0 Å². The lowest BCUT2D eigenvalue weighted by molar-refractivity contribution is 0.322. The van der Waals surface area contributed by atoms with Crippen LogP contribution in [-0.4, -0.2) is 26.1 Å². The van der Waals surface area contributed by atoms with Crippen molar-refractivity contribution >= 4 is 22.9 Å². The zero-order valence-electron chi connectivity index (χ0n) is 17.6. The second-order valence-electron chi connectivity index (χ2n) is 8.29. The summed E-state index contributed by atoms with van der Waals surface area (Å²) in [6.45, 7) is 1.60. The summed E-state index contributed by atoms with van der Waals surface area (Å²) in [7, 11) is 0. The first-order chi connectivity index (χ1) is 15.3. The summed E-state index contributed by atoms with van der Waals surface area (Å²) in [5, 5.41) is 3.33. The van der Waals surface area contributed by atoms with E-state index >= 15 is 0 Å². The summed E-state index contributed by atoms with van der Waals surface area (Å²) < 4.78 is 7.85. The third-order valence-corrected chi connectivity index (χ3v) is 6.07. The number of hydrogen-bond acceptors (Lipinski definition) is 6. The van der Waals surface area contributed by atoms with Crippen molar-refractivity contribution < 1.29 is 4.42 Å². The van der Waals surface area contributed by atoms with Crippen LogP contribution < -0.4 is 11.1 Å². The van der Waals surface area contributed by atoms with Gasteiger partial charge in [-0.25, -0.2) is 4.98 Å². The second-order valence-corrected chi connectivity index (χ2v) is 8.29. The summed E-state index contributed by atoms with van der Waals surface area (Å²) in [4.78, 5) is 14.1. The zero-order chi connectivity index (χ0) is 21.0. The fourth-order valence-electron chi connectivity index (χ4n) is 4.46. The molecule has 7 nitrogen and oxygen atoms in total. The first-order valence-corrected chi connectivity index (χ1v) is 11.1. The van der Waals surface area contributed by atoms with Crippen LogP contribution in [0.25, 0.3) is 22.7 Å². The van der Waals surface area contributed by atoms with Crippen molar-refractivity contribution in [2.75, 3.05) is 17.6 Å². The van der Waals surface area contributed by atoms with Gasteiger partial charge in [-0.2, -0.15) is 9.97 Å². The maximum absolute atomic E-state index is 6.31. The molecule has 31 heavy (non-hydrogen) atoms. The van der Waals surface area contributed by atoms with E-state index in [1.54, 1.807) is 6.26 Å². The first-order valence-electron chi connectivity index (χ1n) is 11.1. The summed E-state index contributed by atoms with van der Waals surface area (Å²) >= 11 is 0. The molecule has 4 aromatic rings. The predicted octanol–water partition coefficient (Wildman–Crippen LogP) is 4.90. The highest BCUT2D eigenvalue weighted by Crippen LogP contribution is 2.31. The first kappa shape index (κ1) is 19.6. The molecule has 0 radical (unpaired) electrons. The van der Waals surface area contributed by atoms with Gasteiger partial charge in [0.15, 0.2) is 28.6 Å². The molecular formula is C24H28N6O. The number of imidazole rings is 1. The Bertz CT molecular complexity index is 1130. The van der Waals surface area contributed by atoms with Crippen molar-refractivity contribution in [3.8, 4) is 11.6 Å². The van der Waals surface area contributed by atoms with Crippen molar-refractivity contribution in [1.29, 1.82) is 0 Å². The highest BCUT2D eigenvalue weighted by Gasteiger charge is 2.23. The van der Waals surface area contributed by atoms with Gasteiger partial charge in [0.2, 0.25) is 5.95 Å². The van der Waals surface area contributed by atoms with Gasteiger partial charge in [-0.15, -0.1) is 0 Å². The topological polar surface area (TPSA) is 94.8 Å². The molecular weight excluding hydrogens is 388 g/mol. The largest absolute Gasteiger partial charge is 0.461 e. The highest BCUT2D eigenvalue weighted by atomic mass is 16.3. The van der Waals surface area contributed by atoms with Crippen molar-refractivity contribution in [2.24, 2.45) is 5.92 Å². The van der Waals surface area contributed by atoms with Gasteiger partial charge in [0.25, 0.3) is 0 Å². The van der Waals surface area contributed by atoms with Crippen molar-refractivity contribution in [3.05, 3.63) is 54.3 Å². The standard InChI is InChI=1S/C24H28N6O/c25-21-20-23(29-24(28-21)26-14-13-17-8-3-1-4-9-17)30(16-18-10-5-2-6-11-18)22(27-20)19-12-7-15-31-19/h1,3-4,7-9,12,15,18H,2,5-6,10-11,13-14,16H2,(H3,25,26,28,29). The minimum Gasteiger partial charge on any atom is -0.461 e. The van der Waals surface area contributed by atoms with Gasteiger partial charge in [-0.1, -0.05) is 49.6 Å². The molecule has 0 bridgehead atoms. The molecule has 3 aromatic heterocycles. The number of nitrogens with zero attached hydrogens (tertiary/aromatic N) is 4. The number of furan rings is 1. The maximum Gasteiger partial charge on any atom is 0.226 e. The van der Waals surface area contributed by atoms with E-state index in [0.29, 0.717) is 23.2 Å². The van der Waals surface area contributed by atoms with Crippen molar-refractivity contribution in [2.45, 2.75) is 45.1 Å². The molecule has 160 valence electrons. The molecule has 0 aliphatic heterocycles. The number of anilines is 2. The summed E-state index contributed by atoms with van der Waals surface area (Å²) in [5.41, 5.74) is 8.99. The third-order valence-electron chi connectivity index (χ3n) is 6.07. The van der Waals surface area contributed by atoms with Gasteiger partial charge in [0.1, 0.15) is 0 Å². The molecule has 1 aliphatic rings. The normalized spacial score (nSPS) is 14.8. The number of aromatic nitrogens is 4. The van der Waals surface area contributed by atoms with Crippen LogP contribution in [0, 0.1) is 5.92 Å². The Balaban J connectivity index is 1.46. The fourth-order valence-corrected chi connectivity index (χ4v) is 4.46. The van der Waals surface area contributed by atoms with E-state index in [2.05, 4.69) is 39.1 Å². The summed E-state index contributed by atoms with van der Waals surface area (Å²) in [6, 6.07) is 14.2. The van der Waals surface area contributed by atoms with Gasteiger partial charge in [-0.05, 0) is 42.9 Å². The molecule has 0 unspecified atom stereocenters. The Morgan fingerprint density at radius 2 is 1.84 bits per heavy atom. The lowest BCUT2D eigenvalue weighted by Gasteiger charge is -2.22. The second kappa shape index (κ2) is 8.79. The van der Waals surface area contributed by atoms with E-state index in [9.17, 15) is 0 Å². The van der Waals surface area contributed by atoms with Gasteiger partial charge < -0.3 is 20.0 Å². The molecule has 1 aliphatic carbocycles. The van der Waals surface area contributed by atoms with Gasteiger partial charge in [0, 0.05) is 13.1 Å². The molecule has 1 fully saturated rings. The quantitative estimate of drug-likeness (QED) is 0.445. The van der Waals surface area contributed by atoms with E-state index in [1.165, 1.54) is 37.7 Å². The Labute approximate surface area is 181 Å². The van der Waals surface area contributed by atoms with Crippen LogP contribution >= 0.6 is 0 Å². The number of benzene rings is 1. The SMILES string of the molecule is Nc1nc(NCCc2ccccc2)nc2c1nc(-c1ccco1)n2CC1CCCCC1. The van der Waals surface area contributed by atoms with Gasteiger partial charge in [0.05, 0.1) is 6.26 Å². The molecule has 1 aromatic carbocycles. The van der Waals surface area contributed by atoms with Crippen LogP contribution in [0.4, 0.5) is 11.8 Å². The molecule has 5 rings (SSSR count). The molecule has 0 saturated heterocycles. The highest BCUT2D eigenvalue weighted by molar-refractivity contribution is 5.86. The van der Waals surface area contributed by atoms with E-state index in [-0.39, 0.29) is 0 Å². The van der Waals surface area contributed by atoms with E-state index in [1.807, 2.05) is 18.2 Å². The van der Waals surface area contributed by atoms with Crippen LogP contribution in [0.1, 0.15) is 37.7 Å². The van der Waals surface area contributed by atoms with Crippen molar-refractivity contribution in [1.82, 2.24) is 19.5 Å². The Morgan fingerprint density at radius 3 is 2.61 bits per heavy atom. The number of rotatable bonds is 7. The molecule has 0 spiro atoms. The lowest BCUT2D eigenvalue weighted by Crippen LogP contribution is -2.16. The molecule has 0 atom stereocenters. The third kappa shape index (κ3) is 4.26. The molecule has 3 heterocycles. The van der Waals surface area contributed by atoms with Gasteiger partial charge >= 0.3 is 0 Å². The zero-order valence-corrected chi connectivity index (χ0v) is 17.6. The Morgan fingerprint density at radius 1 is 1.00 bits per heavy atom. The molecule has 3 N–H and O–H groups in total. The predicted molar refractivity (Wildman–Crippen MR) is 123 cm³/mol. The van der Waals surface area contributed by atoms with Crippen LogP contribution in [0.5, 0.6) is 0 Å². The van der Waals surface area contributed by atoms with E-state index in [0.717, 1.165) is 36.7 Å². The monoisotopic (exact) mass is 416 g/mol. The number of fused-ring (bicyclic) bond motifs is 1. The Kier molecular flexibility index (Phi) is 5.56. The lowest BCUT2D eigenvalue weighted by atomic mass is 9.89. The average molecular weight is 417 g/mol. The minimum atomic E-state index is 0.391. The van der Waals surface area contributed by atoms with Crippen LogP contribution in [0.15, 0.2) is 53.1 Å². The number of nitrogens with one attached hydrogen (secondary N) is 1.